The quantitative estimate of drug-likeness (QED) is 0.850. The highest BCUT2D eigenvalue weighted by Gasteiger charge is 2.32. The Morgan fingerprint density at radius 2 is 2.23 bits per heavy atom. The van der Waals surface area contributed by atoms with E-state index in [-0.39, 0.29) is 6.03 Å². The third kappa shape index (κ3) is 4.74. The standard InChI is InChI=1S/C17H23N3O2/c1-17(13-18)8-5-10-20(14-17)16(21)19-9-11-22-12-15-6-3-2-4-7-15/h2-4,6-7H,5,8-12,14H2,1H3,(H,19,21)/t17-/m1/s1. The Hall–Kier alpha value is -2.06. The fraction of sp³-hybridized carbons (Fsp3) is 0.529. The van der Waals surface area contributed by atoms with Gasteiger partial charge in [0.1, 0.15) is 0 Å². The maximum Gasteiger partial charge on any atom is 0.317 e. The number of urea groups is 1. The molecule has 1 atom stereocenters. The molecule has 1 heterocycles. The van der Waals surface area contributed by atoms with Gasteiger partial charge in [0.2, 0.25) is 0 Å². The minimum Gasteiger partial charge on any atom is -0.375 e. The van der Waals surface area contributed by atoms with Crippen LogP contribution >= 0.6 is 0 Å². The highest BCUT2D eigenvalue weighted by atomic mass is 16.5. The second-order valence-corrected chi connectivity index (χ2v) is 5.97. The molecule has 2 rings (SSSR count). The number of amides is 2. The topological polar surface area (TPSA) is 65.4 Å². The SMILES string of the molecule is C[C@]1(C#N)CCCN(C(=O)NCCOCc2ccccc2)C1. The van der Waals surface area contributed by atoms with Crippen LogP contribution in [-0.2, 0) is 11.3 Å². The first-order chi connectivity index (χ1) is 10.6. The minimum absolute atomic E-state index is 0.107. The molecule has 2 amide bonds. The Kier molecular flexibility index (Phi) is 5.79. The summed E-state index contributed by atoms with van der Waals surface area (Å²) in [6.07, 6.45) is 1.73. The number of hydrogen-bond donors (Lipinski definition) is 1. The number of rotatable bonds is 5. The van der Waals surface area contributed by atoms with Gasteiger partial charge in [-0.2, -0.15) is 5.26 Å². The van der Waals surface area contributed by atoms with E-state index in [4.69, 9.17) is 4.74 Å². The molecule has 1 aliphatic rings. The molecule has 1 N–H and O–H groups in total. The molecule has 1 aliphatic heterocycles. The van der Waals surface area contributed by atoms with Gasteiger partial charge in [-0.25, -0.2) is 4.79 Å². The summed E-state index contributed by atoms with van der Waals surface area (Å²) in [7, 11) is 0. The van der Waals surface area contributed by atoms with Gasteiger partial charge in [0.25, 0.3) is 0 Å². The van der Waals surface area contributed by atoms with Gasteiger partial charge in [0, 0.05) is 19.6 Å². The van der Waals surface area contributed by atoms with Crippen LogP contribution in [0.15, 0.2) is 30.3 Å². The van der Waals surface area contributed by atoms with Crippen molar-refractivity contribution in [1.29, 1.82) is 5.26 Å². The number of carbonyl (C=O) groups is 1. The normalized spacial score (nSPS) is 21.2. The van der Waals surface area contributed by atoms with Gasteiger partial charge in [0.05, 0.1) is 24.7 Å². The van der Waals surface area contributed by atoms with Crippen molar-refractivity contribution in [1.82, 2.24) is 10.2 Å². The Morgan fingerprint density at radius 1 is 1.45 bits per heavy atom. The molecule has 1 fully saturated rings. The van der Waals surface area contributed by atoms with Crippen molar-refractivity contribution in [3.63, 3.8) is 0 Å². The van der Waals surface area contributed by atoms with Gasteiger partial charge in [-0.15, -0.1) is 0 Å². The Balaban J connectivity index is 1.64. The summed E-state index contributed by atoms with van der Waals surface area (Å²) >= 11 is 0. The average molecular weight is 301 g/mol. The number of nitrogens with zero attached hydrogens (tertiary/aromatic N) is 2. The molecule has 1 aromatic rings. The van der Waals surface area contributed by atoms with E-state index in [1.54, 1.807) is 4.90 Å². The Bertz CT molecular complexity index is 526. The largest absolute Gasteiger partial charge is 0.375 e. The first-order valence-corrected chi connectivity index (χ1v) is 7.69. The van der Waals surface area contributed by atoms with E-state index in [1.807, 2.05) is 37.3 Å². The molecule has 5 heteroatoms. The molecular weight excluding hydrogens is 278 g/mol. The van der Waals surface area contributed by atoms with E-state index in [9.17, 15) is 10.1 Å². The average Bonchev–Trinajstić information content (AvgIpc) is 2.55. The fourth-order valence-electron chi connectivity index (χ4n) is 2.61. The van der Waals surface area contributed by atoms with Gasteiger partial charge in [-0.05, 0) is 25.3 Å². The van der Waals surface area contributed by atoms with Gasteiger partial charge in [0.15, 0.2) is 0 Å². The molecular formula is C17H23N3O2. The highest BCUT2D eigenvalue weighted by Crippen LogP contribution is 2.28. The zero-order valence-electron chi connectivity index (χ0n) is 13.0. The van der Waals surface area contributed by atoms with E-state index in [0.717, 1.165) is 18.4 Å². The van der Waals surface area contributed by atoms with Gasteiger partial charge in [-0.3, -0.25) is 0 Å². The third-order valence-electron chi connectivity index (χ3n) is 3.89. The summed E-state index contributed by atoms with van der Waals surface area (Å²) in [5.41, 5.74) is 0.703. The number of nitriles is 1. The lowest BCUT2D eigenvalue weighted by molar-refractivity contribution is 0.116. The molecule has 0 aliphatic carbocycles. The third-order valence-corrected chi connectivity index (χ3v) is 3.89. The molecule has 5 nitrogen and oxygen atoms in total. The van der Waals surface area contributed by atoms with Crippen LogP contribution in [0.1, 0.15) is 25.3 Å². The molecule has 1 aromatic carbocycles. The number of benzene rings is 1. The summed E-state index contributed by atoms with van der Waals surface area (Å²) in [4.78, 5) is 13.8. The second-order valence-electron chi connectivity index (χ2n) is 5.97. The molecule has 118 valence electrons. The van der Waals surface area contributed by atoms with Crippen molar-refractivity contribution in [3.05, 3.63) is 35.9 Å². The smallest absolute Gasteiger partial charge is 0.317 e. The molecule has 0 aromatic heterocycles. The maximum absolute atomic E-state index is 12.1. The number of carbonyl (C=O) groups excluding carboxylic acids is 1. The van der Waals surface area contributed by atoms with Crippen LogP contribution in [0.25, 0.3) is 0 Å². The van der Waals surface area contributed by atoms with Gasteiger partial charge >= 0.3 is 6.03 Å². The zero-order chi connectivity index (χ0) is 15.8. The molecule has 0 saturated carbocycles. The zero-order valence-corrected chi connectivity index (χ0v) is 13.0. The number of ether oxygens (including phenoxy) is 1. The summed E-state index contributed by atoms with van der Waals surface area (Å²) in [6.45, 7) is 4.63. The van der Waals surface area contributed by atoms with Crippen molar-refractivity contribution >= 4 is 6.03 Å². The maximum atomic E-state index is 12.1. The molecule has 0 bridgehead atoms. The van der Waals surface area contributed by atoms with E-state index in [2.05, 4.69) is 11.4 Å². The van der Waals surface area contributed by atoms with E-state index < -0.39 is 5.41 Å². The van der Waals surface area contributed by atoms with Gasteiger partial charge in [-0.1, -0.05) is 30.3 Å². The minimum atomic E-state index is -0.417. The first kappa shape index (κ1) is 16.3. The lowest BCUT2D eigenvalue weighted by Crippen LogP contribution is -2.49. The van der Waals surface area contributed by atoms with Crippen LogP contribution < -0.4 is 5.32 Å². The Morgan fingerprint density at radius 3 is 2.95 bits per heavy atom. The van der Waals surface area contributed by atoms with Crippen LogP contribution in [0, 0.1) is 16.7 Å². The molecule has 1 saturated heterocycles. The first-order valence-electron chi connectivity index (χ1n) is 7.69. The summed E-state index contributed by atoms with van der Waals surface area (Å²) < 4.78 is 5.53. The number of nitrogens with one attached hydrogen (secondary N) is 1. The predicted octanol–water partition coefficient (Wildman–Crippen LogP) is 2.54. The van der Waals surface area contributed by atoms with Crippen LogP contribution in [0.2, 0.25) is 0 Å². The van der Waals surface area contributed by atoms with Crippen molar-refractivity contribution in [3.8, 4) is 6.07 Å². The van der Waals surface area contributed by atoms with E-state index in [1.165, 1.54) is 0 Å². The number of likely N-dealkylation sites (tertiary alicyclic amines) is 1. The highest BCUT2D eigenvalue weighted by molar-refractivity contribution is 5.74. The van der Waals surface area contributed by atoms with Crippen LogP contribution in [0.4, 0.5) is 4.79 Å². The summed E-state index contributed by atoms with van der Waals surface area (Å²) in [6, 6.07) is 12.1. The molecule has 0 radical (unpaired) electrons. The fourth-order valence-corrected chi connectivity index (χ4v) is 2.61. The van der Waals surface area contributed by atoms with Crippen molar-refractivity contribution in [2.75, 3.05) is 26.2 Å². The second kappa shape index (κ2) is 7.81. The summed E-state index contributed by atoms with van der Waals surface area (Å²) in [5.74, 6) is 0. The van der Waals surface area contributed by atoms with E-state index in [0.29, 0.717) is 32.8 Å². The molecule has 22 heavy (non-hydrogen) atoms. The van der Waals surface area contributed by atoms with Crippen LogP contribution in [-0.4, -0.2) is 37.2 Å². The lowest BCUT2D eigenvalue weighted by atomic mass is 9.84. The Labute approximate surface area is 131 Å². The van der Waals surface area contributed by atoms with Crippen LogP contribution in [0.3, 0.4) is 0 Å². The number of piperidine rings is 1. The predicted molar refractivity (Wildman–Crippen MR) is 84.0 cm³/mol. The molecule has 0 spiro atoms. The van der Waals surface area contributed by atoms with Crippen molar-refractivity contribution < 1.29 is 9.53 Å². The number of hydrogen-bond acceptors (Lipinski definition) is 3. The summed E-state index contributed by atoms with van der Waals surface area (Å²) in [5, 5.41) is 12.0. The monoisotopic (exact) mass is 301 g/mol. The van der Waals surface area contributed by atoms with Gasteiger partial charge < -0.3 is 15.0 Å². The lowest BCUT2D eigenvalue weighted by Gasteiger charge is -2.35. The van der Waals surface area contributed by atoms with Crippen molar-refractivity contribution in [2.45, 2.75) is 26.4 Å². The van der Waals surface area contributed by atoms with Crippen molar-refractivity contribution in [2.24, 2.45) is 5.41 Å². The van der Waals surface area contributed by atoms with Crippen LogP contribution in [0.5, 0.6) is 0 Å². The molecule has 0 unspecified atom stereocenters. The van der Waals surface area contributed by atoms with E-state index >= 15 is 0 Å².